The van der Waals surface area contributed by atoms with E-state index >= 15 is 0 Å². The molecule has 0 saturated carbocycles. The first kappa shape index (κ1) is 21.1. The minimum absolute atomic E-state index is 0.144. The van der Waals surface area contributed by atoms with Crippen LogP contribution in [0, 0.1) is 6.92 Å². The van der Waals surface area contributed by atoms with Crippen molar-refractivity contribution in [1.82, 2.24) is 5.43 Å². The predicted octanol–water partition coefficient (Wildman–Crippen LogP) is 4.43. The maximum Gasteiger partial charge on any atom is 0.277 e. The maximum atomic E-state index is 12.4. The van der Waals surface area contributed by atoms with Gasteiger partial charge in [0.25, 0.3) is 11.8 Å². The van der Waals surface area contributed by atoms with Crippen LogP contribution in [0.3, 0.4) is 0 Å². The van der Waals surface area contributed by atoms with E-state index in [0.717, 1.165) is 5.56 Å². The Morgan fingerprint density at radius 3 is 2.63 bits per heavy atom. The summed E-state index contributed by atoms with van der Waals surface area (Å²) in [7, 11) is 0. The van der Waals surface area contributed by atoms with Gasteiger partial charge in [-0.3, -0.25) is 9.59 Å². The molecule has 7 heteroatoms. The van der Waals surface area contributed by atoms with E-state index in [9.17, 15) is 9.59 Å². The van der Waals surface area contributed by atoms with Crippen molar-refractivity contribution in [3.8, 4) is 5.75 Å². The van der Waals surface area contributed by atoms with Crippen molar-refractivity contribution in [2.45, 2.75) is 6.92 Å². The quantitative estimate of drug-likeness (QED) is 0.437. The van der Waals surface area contributed by atoms with Gasteiger partial charge in [-0.1, -0.05) is 48.0 Å². The Labute approximate surface area is 179 Å². The third-order valence-electron chi connectivity index (χ3n) is 4.03. The standard InChI is InChI=1S/C23H20ClN3O3/c1-16-6-4-9-19(12-16)30-15-22(28)27-25-14-17-7-5-8-18(13-17)26-23(29)20-10-2-3-11-21(20)24/h2-14H,15H2,1H3,(H,26,29)(H,27,28)/b25-14+. The van der Waals surface area contributed by atoms with Gasteiger partial charge in [-0.15, -0.1) is 0 Å². The highest BCUT2D eigenvalue weighted by Gasteiger charge is 2.09. The highest BCUT2D eigenvalue weighted by Crippen LogP contribution is 2.17. The molecule has 0 atom stereocenters. The van der Waals surface area contributed by atoms with Crippen molar-refractivity contribution in [3.05, 3.63) is 94.5 Å². The first-order valence-corrected chi connectivity index (χ1v) is 9.56. The first-order chi connectivity index (χ1) is 14.5. The van der Waals surface area contributed by atoms with Crippen LogP contribution in [-0.4, -0.2) is 24.6 Å². The molecule has 0 aliphatic rings. The fraction of sp³-hybridized carbons (Fsp3) is 0.0870. The van der Waals surface area contributed by atoms with Crippen LogP contribution in [0.5, 0.6) is 5.75 Å². The lowest BCUT2D eigenvalue weighted by molar-refractivity contribution is -0.123. The number of anilines is 1. The average Bonchev–Trinajstić information content (AvgIpc) is 2.73. The number of hydrogen-bond acceptors (Lipinski definition) is 4. The molecule has 0 heterocycles. The number of nitrogens with one attached hydrogen (secondary N) is 2. The lowest BCUT2D eigenvalue weighted by atomic mass is 10.2. The fourth-order valence-electron chi connectivity index (χ4n) is 2.61. The van der Waals surface area contributed by atoms with Crippen molar-refractivity contribution < 1.29 is 14.3 Å². The number of hydrazone groups is 1. The minimum atomic E-state index is -0.379. The summed E-state index contributed by atoms with van der Waals surface area (Å²) >= 11 is 6.05. The zero-order chi connectivity index (χ0) is 21.3. The molecule has 152 valence electrons. The molecular weight excluding hydrogens is 402 g/mol. The fourth-order valence-corrected chi connectivity index (χ4v) is 2.83. The maximum absolute atomic E-state index is 12.4. The summed E-state index contributed by atoms with van der Waals surface area (Å²) < 4.78 is 5.42. The summed E-state index contributed by atoms with van der Waals surface area (Å²) in [6.07, 6.45) is 1.48. The largest absolute Gasteiger partial charge is 0.484 e. The minimum Gasteiger partial charge on any atom is -0.484 e. The van der Waals surface area contributed by atoms with Crippen LogP contribution in [0.2, 0.25) is 5.02 Å². The highest BCUT2D eigenvalue weighted by atomic mass is 35.5. The molecule has 0 radical (unpaired) electrons. The molecule has 3 aromatic rings. The molecule has 0 aliphatic heterocycles. The Hall–Kier alpha value is -3.64. The smallest absolute Gasteiger partial charge is 0.277 e. The van der Waals surface area contributed by atoms with Gasteiger partial charge in [0.05, 0.1) is 16.8 Å². The molecule has 2 amide bonds. The number of carbonyl (C=O) groups is 2. The van der Waals surface area contributed by atoms with Crippen LogP contribution in [0.15, 0.2) is 77.9 Å². The summed E-state index contributed by atoms with van der Waals surface area (Å²) in [5, 5.41) is 7.09. The first-order valence-electron chi connectivity index (χ1n) is 9.18. The molecule has 0 saturated heterocycles. The van der Waals surface area contributed by atoms with E-state index in [0.29, 0.717) is 27.6 Å². The number of ether oxygens (including phenoxy) is 1. The molecule has 6 nitrogen and oxygen atoms in total. The number of aryl methyl sites for hydroxylation is 1. The van der Waals surface area contributed by atoms with Crippen LogP contribution in [0.25, 0.3) is 0 Å². The van der Waals surface area contributed by atoms with Gasteiger partial charge in [-0.25, -0.2) is 5.43 Å². The van der Waals surface area contributed by atoms with Crippen molar-refractivity contribution in [2.75, 3.05) is 11.9 Å². The third kappa shape index (κ3) is 6.18. The third-order valence-corrected chi connectivity index (χ3v) is 4.35. The van der Waals surface area contributed by atoms with Gasteiger partial charge in [0.1, 0.15) is 5.75 Å². The summed E-state index contributed by atoms with van der Waals surface area (Å²) in [5.41, 5.74) is 5.13. The van der Waals surface area contributed by atoms with E-state index in [1.165, 1.54) is 6.21 Å². The van der Waals surface area contributed by atoms with Crippen molar-refractivity contribution in [1.29, 1.82) is 0 Å². The Morgan fingerprint density at radius 2 is 1.83 bits per heavy atom. The number of halogens is 1. The topological polar surface area (TPSA) is 79.8 Å². The second kappa shape index (κ2) is 10.2. The monoisotopic (exact) mass is 421 g/mol. The lowest BCUT2D eigenvalue weighted by Crippen LogP contribution is -2.24. The number of amides is 2. The Balaban J connectivity index is 1.53. The van der Waals surface area contributed by atoms with Crippen LogP contribution in [0.4, 0.5) is 5.69 Å². The molecule has 0 aromatic heterocycles. The van der Waals surface area contributed by atoms with E-state index in [1.807, 2.05) is 25.1 Å². The van der Waals surface area contributed by atoms with Crippen LogP contribution in [0.1, 0.15) is 21.5 Å². The number of carbonyl (C=O) groups excluding carboxylic acids is 2. The second-order valence-corrected chi connectivity index (χ2v) is 6.86. The second-order valence-electron chi connectivity index (χ2n) is 6.46. The van der Waals surface area contributed by atoms with Gasteiger partial charge in [0.2, 0.25) is 0 Å². The number of hydrogen-bond donors (Lipinski definition) is 2. The van der Waals surface area contributed by atoms with Crippen LogP contribution in [-0.2, 0) is 4.79 Å². The van der Waals surface area contributed by atoms with Crippen molar-refractivity contribution in [3.63, 3.8) is 0 Å². The van der Waals surface area contributed by atoms with Gasteiger partial charge in [-0.2, -0.15) is 5.10 Å². The Kier molecular flexibility index (Phi) is 7.19. The van der Waals surface area contributed by atoms with E-state index in [4.69, 9.17) is 16.3 Å². The SMILES string of the molecule is Cc1cccc(OCC(=O)N/N=C/c2cccc(NC(=O)c3ccccc3Cl)c2)c1. The number of benzene rings is 3. The molecule has 0 unspecified atom stereocenters. The lowest BCUT2D eigenvalue weighted by Gasteiger charge is -2.07. The Morgan fingerprint density at radius 1 is 1.03 bits per heavy atom. The van der Waals surface area contributed by atoms with Gasteiger partial charge in [0.15, 0.2) is 6.61 Å². The van der Waals surface area contributed by atoms with Crippen molar-refractivity contribution in [2.24, 2.45) is 5.10 Å². The molecule has 0 spiro atoms. The summed E-state index contributed by atoms with van der Waals surface area (Å²) in [5.74, 6) is -0.0664. The molecule has 30 heavy (non-hydrogen) atoms. The summed E-state index contributed by atoms with van der Waals surface area (Å²) in [4.78, 5) is 24.2. The molecule has 0 fully saturated rings. The molecular formula is C23H20ClN3O3. The number of rotatable bonds is 7. The summed E-state index contributed by atoms with van der Waals surface area (Å²) in [6.45, 7) is 1.80. The van der Waals surface area contributed by atoms with Gasteiger partial charge in [0, 0.05) is 5.69 Å². The predicted molar refractivity (Wildman–Crippen MR) is 118 cm³/mol. The zero-order valence-corrected chi connectivity index (χ0v) is 17.0. The Bertz CT molecular complexity index is 1080. The van der Waals surface area contributed by atoms with Gasteiger partial charge < -0.3 is 10.1 Å². The van der Waals surface area contributed by atoms with Gasteiger partial charge in [-0.05, 0) is 54.4 Å². The van der Waals surface area contributed by atoms with E-state index in [-0.39, 0.29) is 18.4 Å². The van der Waals surface area contributed by atoms with Crippen LogP contribution < -0.4 is 15.5 Å². The zero-order valence-electron chi connectivity index (χ0n) is 16.3. The molecule has 0 bridgehead atoms. The molecule has 3 aromatic carbocycles. The average molecular weight is 422 g/mol. The molecule has 0 aliphatic carbocycles. The normalized spacial score (nSPS) is 10.6. The molecule has 3 rings (SSSR count). The van der Waals surface area contributed by atoms with E-state index < -0.39 is 0 Å². The highest BCUT2D eigenvalue weighted by molar-refractivity contribution is 6.34. The van der Waals surface area contributed by atoms with Gasteiger partial charge >= 0.3 is 0 Å². The van der Waals surface area contributed by atoms with E-state index in [1.54, 1.807) is 54.6 Å². The van der Waals surface area contributed by atoms with E-state index in [2.05, 4.69) is 15.8 Å². The van der Waals surface area contributed by atoms with Crippen molar-refractivity contribution >= 4 is 35.3 Å². The van der Waals surface area contributed by atoms with Crippen LogP contribution >= 0.6 is 11.6 Å². The summed E-state index contributed by atoms with van der Waals surface area (Å²) in [6, 6.07) is 21.3. The number of nitrogens with zero attached hydrogens (tertiary/aromatic N) is 1. The molecule has 2 N–H and O–H groups in total.